The number of hydroxylamine groups is 1. The molecular weight excluding hydrogens is 469 g/mol. The molecule has 0 spiro atoms. The summed E-state index contributed by atoms with van der Waals surface area (Å²) < 4.78 is 41.6. The molecule has 0 radical (unpaired) electrons. The van der Waals surface area contributed by atoms with Gasteiger partial charge in [0.1, 0.15) is 5.56 Å². The van der Waals surface area contributed by atoms with Crippen molar-refractivity contribution in [2.24, 2.45) is 0 Å². The van der Waals surface area contributed by atoms with E-state index in [4.69, 9.17) is 4.84 Å². The molecule has 3 aromatic rings. The summed E-state index contributed by atoms with van der Waals surface area (Å²) in [5.41, 5.74) is 1.74. The summed E-state index contributed by atoms with van der Waals surface area (Å²) in [4.78, 5) is 18.6. The van der Waals surface area contributed by atoms with Gasteiger partial charge in [-0.15, -0.1) is 0 Å². The van der Waals surface area contributed by atoms with Gasteiger partial charge >= 0.3 is 6.18 Å². The Morgan fingerprint density at radius 2 is 1.72 bits per heavy atom. The average Bonchev–Trinajstić information content (AvgIpc) is 3.39. The molecule has 7 nitrogen and oxygen atoms in total. The number of anilines is 4. The van der Waals surface area contributed by atoms with Crippen molar-refractivity contribution in [3.05, 3.63) is 71.9 Å². The SMILES string of the molecule is CCN1CCN(c2ccc(Nc3ncc(C(F)(F)F)c(N4OCCC4c4ccccc4)n3)cc2)CC1. The van der Waals surface area contributed by atoms with Crippen molar-refractivity contribution in [1.29, 1.82) is 0 Å². The lowest BCUT2D eigenvalue weighted by atomic mass is 10.0. The number of alkyl halides is 3. The second kappa shape index (κ2) is 10.3. The summed E-state index contributed by atoms with van der Waals surface area (Å²) in [7, 11) is 0. The number of nitrogens with one attached hydrogen (secondary N) is 1. The molecule has 1 unspecified atom stereocenters. The molecule has 0 bridgehead atoms. The van der Waals surface area contributed by atoms with Crippen molar-refractivity contribution in [3.8, 4) is 0 Å². The first-order chi connectivity index (χ1) is 17.4. The number of piperazine rings is 1. The highest BCUT2D eigenvalue weighted by molar-refractivity contribution is 5.61. The minimum Gasteiger partial charge on any atom is -0.369 e. The molecule has 36 heavy (non-hydrogen) atoms. The zero-order chi connectivity index (χ0) is 25.1. The normalized spacial score (nSPS) is 19.1. The van der Waals surface area contributed by atoms with Crippen LogP contribution in [0.2, 0.25) is 0 Å². The molecule has 3 heterocycles. The van der Waals surface area contributed by atoms with Crippen LogP contribution in [0.5, 0.6) is 0 Å². The Hall–Kier alpha value is -3.37. The van der Waals surface area contributed by atoms with Gasteiger partial charge in [0.15, 0.2) is 5.82 Å². The molecule has 190 valence electrons. The maximum absolute atomic E-state index is 13.9. The number of halogens is 3. The van der Waals surface area contributed by atoms with E-state index in [1.54, 1.807) is 0 Å². The Labute approximate surface area is 208 Å². The standard InChI is InChI=1S/C26H29F3N6O/c1-2-33-13-15-34(16-14-33)21-10-8-20(9-11-21)31-25-30-18-22(26(27,28)29)24(32-25)35-23(12-17-36-35)19-6-4-3-5-7-19/h3-11,18,23H,2,12-17H2,1H3,(H,30,31,32). The Morgan fingerprint density at radius 1 is 1.00 bits per heavy atom. The van der Waals surface area contributed by atoms with Gasteiger partial charge in [0.25, 0.3) is 0 Å². The largest absolute Gasteiger partial charge is 0.421 e. The highest BCUT2D eigenvalue weighted by atomic mass is 19.4. The van der Waals surface area contributed by atoms with Crippen LogP contribution in [0.4, 0.5) is 36.3 Å². The number of rotatable bonds is 6. The van der Waals surface area contributed by atoms with Crippen LogP contribution in [0.15, 0.2) is 60.8 Å². The third-order valence-corrected chi connectivity index (χ3v) is 6.68. The average molecular weight is 499 g/mol. The van der Waals surface area contributed by atoms with Gasteiger partial charge in [-0.2, -0.15) is 18.2 Å². The minimum absolute atomic E-state index is 0.0737. The summed E-state index contributed by atoms with van der Waals surface area (Å²) in [6.45, 7) is 7.51. The molecule has 2 aliphatic rings. The maximum atomic E-state index is 13.9. The lowest BCUT2D eigenvalue weighted by Gasteiger charge is -2.35. The molecule has 2 aliphatic heterocycles. The second-order valence-electron chi connectivity index (χ2n) is 8.90. The van der Waals surface area contributed by atoms with Crippen LogP contribution in [0, 0.1) is 0 Å². The highest BCUT2D eigenvalue weighted by Crippen LogP contribution is 2.41. The number of likely N-dealkylation sites (N-methyl/N-ethyl adjacent to an activating group) is 1. The van der Waals surface area contributed by atoms with Crippen LogP contribution in [0.25, 0.3) is 0 Å². The van der Waals surface area contributed by atoms with Gasteiger partial charge in [0.2, 0.25) is 5.95 Å². The minimum atomic E-state index is -4.62. The number of benzene rings is 2. The second-order valence-corrected chi connectivity index (χ2v) is 8.90. The summed E-state index contributed by atoms with van der Waals surface area (Å²) >= 11 is 0. The quantitative estimate of drug-likeness (QED) is 0.497. The smallest absolute Gasteiger partial charge is 0.369 e. The maximum Gasteiger partial charge on any atom is 0.421 e. The fourth-order valence-corrected chi connectivity index (χ4v) is 4.66. The van der Waals surface area contributed by atoms with Gasteiger partial charge in [0.05, 0.1) is 12.6 Å². The molecule has 0 aliphatic carbocycles. The van der Waals surface area contributed by atoms with Crippen molar-refractivity contribution in [3.63, 3.8) is 0 Å². The van der Waals surface area contributed by atoms with Crippen LogP contribution in [0.3, 0.4) is 0 Å². The zero-order valence-corrected chi connectivity index (χ0v) is 20.1. The van der Waals surface area contributed by atoms with E-state index in [-0.39, 0.29) is 17.8 Å². The van der Waals surface area contributed by atoms with E-state index in [0.717, 1.165) is 50.2 Å². The molecule has 2 fully saturated rings. The first-order valence-corrected chi connectivity index (χ1v) is 12.2. The fourth-order valence-electron chi connectivity index (χ4n) is 4.66. The van der Waals surface area contributed by atoms with Gasteiger partial charge in [-0.05, 0) is 36.4 Å². The summed E-state index contributed by atoms with van der Waals surface area (Å²) in [5, 5.41) is 4.32. The van der Waals surface area contributed by atoms with Gasteiger partial charge in [-0.1, -0.05) is 37.3 Å². The molecule has 1 N–H and O–H groups in total. The van der Waals surface area contributed by atoms with E-state index >= 15 is 0 Å². The molecule has 2 aromatic carbocycles. The highest BCUT2D eigenvalue weighted by Gasteiger charge is 2.40. The van der Waals surface area contributed by atoms with Crippen LogP contribution < -0.4 is 15.3 Å². The van der Waals surface area contributed by atoms with E-state index in [1.165, 1.54) is 5.06 Å². The van der Waals surface area contributed by atoms with Crippen LogP contribution >= 0.6 is 0 Å². The Morgan fingerprint density at radius 3 is 2.39 bits per heavy atom. The summed E-state index contributed by atoms with van der Waals surface area (Å²) in [6.07, 6.45) is -3.25. The Bertz CT molecular complexity index is 1150. The van der Waals surface area contributed by atoms with Crippen molar-refractivity contribution >= 4 is 23.1 Å². The van der Waals surface area contributed by atoms with Gasteiger partial charge in [-0.25, -0.2) is 10.0 Å². The van der Waals surface area contributed by atoms with E-state index < -0.39 is 11.7 Å². The third-order valence-electron chi connectivity index (χ3n) is 6.68. The summed E-state index contributed by atoms with van der Waals surface area (Å²) in [6, 6.07) is 16.8. The van der Waals surface area contributed by atoms with Crippen LogP contribution in [0.1, 0.15) is 30.5 Å². The van der Waals surface area contributed by atoms with Crippen LogP contribution in [-0.4, -0.2) is 54.2 Å². The molecule has 1 aromatic heterocycles. The van der Waals surface area contributed by atoms with Crippen molar-refractivity contribution in [1.82, 2.24) is 14.9 Å². The molecule has 0 saturated carbocycles. The number of hydrogen-bond acceptors (Lipinski definition) is 7. The van der Waals surface area contributed by atoms with E-state index in [2.05, 4.69) is 32.0 Å². The van der Waals surface area contributed by atoms with Gasteiger partial charge < -0.3 is 15.1 Å². The fraction of sp³-hybridized carbons (Fsp3) is 0.385. The molecule has 2 saturated heterocycles. The van der Waals surface area contributed by atoms with Gasteiger partial charge in [0, 0.05) is 50.2 Å². The van der Waals surface area contributed by atoms with Crippen molar-refractivity contribution in [2.75, 3.05) is 54.6 Å². The van der Waals surface area contributed by atoms with E-state index in [9.17, 15) is 13.2 Å². The molecule has 0 amide bonds. The van der Waals surface area contributed by atoms with E-state index in [1.807, 2.05) is 54.6 Å². The topological polar surface area (TPSA) is 56.8 Å². The summed E-state index contributed by atoms with van der Waals surface area (Å²) in [5.74, 6) is -0.221. The van der Waals surface area contributed by atoms with Crippen molar-refractivity contribution in [2.45, 2.75) is 25.6 Å². The molecule has 10 heteroatoms. The predicted molar refractivity (Wildman–Crippen MR) is 133 cm³/mol. The lowest BCUT2D eigenvalue weighted by Crippen LogP contribution is -2.46. The predicted octanol–water partition coefficient (Wildman–Crippen LogP) is 5.26. The van der Waals surface area contributed by atoms with E-state index in [0.29, 0.717) is 18.7 Å². The molecular formula is C26H29F3N6O. The third kappa shape index (κ3) is 5.24. The lowest BCUT2D eigenvalue weighted by molar-refractivity contribution is -0.138. The van der Waals surface area contributed by atoms with Crippen LogP contribution in [-0.2, 0) is 11.0 Å². The number of nitrogens with zero attached hydrogens (tertiary/aromatic N) is 5. The Kier molecular flexibility index (Phi) is 6.97. The number of hydrogen-bond donors (Lipinski definition) is 1. The van der Waals surface area contributed by atoms with Gasteiger partial charge in [-0.3, -0.25) is 4.84 Å². The monoisotopic (exact) mass is 498 g/mol. The molecule has 1 atom stereocenters. The molecule has 5 rings (SSSR count). The zero-order valence-electron chi connectivity index (χ0n) is 20.1. The number of aromatic nitrogens is 2. The first-order valence-electron chi connectivity index (χ1n) is 12.2. The Balaban J connectivity index is 1.37. The first kappa shape index (κ1) is 24.3. The van der Waals surface area contributed by atoms with Crippen molar-refractivity contribution < 1.29 is 18.0 Å².